The van der Waals surface area contributed by atoms with Crippen LogP contribution in [0.2, 0.25) is 0 Å². The van der Waals surface area contributed by atoms with Crippen molar-refractivity contribution in [2.24, 2.45) is 34.5 Å². The van der Waals surface area contributed by atoms with Crippen LogP contribution in [0.1, 0.15) is 75.7 Å². The number of rotatable bonds is 0. The Morgan fingerprint density at radius 2 is 1.67 bits per heavy atom. The van der Waals surface area contributed by atoms with E-state index in [1.165, 1.54) is 0 Å². The van der Waals surface area contributed by atoms with Crippen LogP contribution in [-0.4, -0.2) is 22.4 Å². The molecule has 0 spiro atoms. The van der Waals surface area contributed by atoms with Crippen LogP contribution >= 0.6 is 0 Å². The molecule has 4 rings (SSSR count). The lowest BCUT2D eigenvalue weighted by Gasteiger charge is -2.60. The molecule has 120 valence electrons. The van der Waals surface area contributed by atoms with Gasteiger partial charge in [-0.25, -0.2) is 0 Å². The Morgan fingerprint density at radius 3 is 2.48 bits per heavy atom. The van der Waals surface area contributed by atoms with Crippen LogP contribution in [-0.2, 0) is 0 Å². The molecule has 0 radical (unpaired) electrons. The third kappa shape index (κ3) is 1.91. The van der Waals surface area contributed by atoms with Gasteiger partial charge in [0.25, 0.3) is 0 Å². The maximum absolute atomic E-state index is 10.8. The monoisotopic (exact) mass is 295 g/mol. The van der Waals surface area contributed by atoms with Gasteiger partial charge in [0.05, 0.1) is 13.6 Å². The molecule has 8 atom stereocenters. The molecule has 4 aliphatic carbocycles. The topological polar surface area (TPSA) is 40.5 Å². The number of aliphatic hydroxyl groups is 2. The van der Waals surface area contributed by atoms with Gasteiger partial charge in [-0.3, -0.25) is 0 Å². The van der Waals surface area contributed by atoms with Crippen molar-refractivity contribution in [1.82, 2.24) is 0 Å². The molecule has 2 nitrogen and oxygen atoms in total. The van der Waals surface area contributed by atoms with Gasteiger partial charge in [-0.15, -0.1) is 0 Å². The Morgan fingerprint density at radius 1 is 0.952 bits per heavy atom. The largest absolute Gasteiger partial charge is 0.393 e. The maximum atomic E-state index is 10.8. The van der Waals surface area contributed by atoms with Crippen molar-refractivity contribution in [3.8, 4) is 0 Å². The fourth-order valence-electron chi connectivity index (χ4n) is 6.63. The van der Waals surface area contributed by atoms with Crippen LogP contribution in [0, 0.1) is 34.5 Å². The van der Waals surface area contributed by atoms with Gasteiger partial charge in [-0.1, -0.05) is 13.8 Å². The Kier molecular flexibility index (Phi) is 2.57. The predicted molar refractivity (Wildman–Crippen MR) is 83.7 cm³/mol. The van der Waals surface area contributed by atoms with Gasteiger partial charge < -0.3 is 10.2 Å². The second kappa shape index (κ2) is 4.71. The highest BCUT2D eigenvalue weighted by molar-refractivity contribution is 5.09. The van der Waals surface area contributed by atoms with Gasteiger partial charge in [0.15, 0.2) is 0 Å². The van der Waals surface area contributed by atoms with Crippen LogP contribution in [0.15, 0.2) is 0 Å². The molecule has 4 saturated carbocycles. The van der Waals surface area contributed by atoms with Gasteiger partial charge in [0.1, 0.15) is 0 Å². The minimum atomic E-state index is -1.98. The van der Waals surface area contributed by atoms with Gasteiger partial charge in [-0.05, 0) is 92.2 Å². The highest BCUT2D eigenvalue weighted by Gasteiger charge is 2.59. The van der Waals surface area contributed by atoms with E-state index in [-0.39, 0.29) is 17.4 Å². The molecule has 0 saturated heterocycles. The van der Waals surface area contributed by atoms with Crippen molar-refractivity contribution in [3.63, 3.8) is 0 Å². The average molecular weight is 295 g/mol. The molecule has 1 unspecified atom stereocenters. The Hall–Kier alpha value is -0.0800. The van der Waals surface area contributed by atoms with E-state index in [2.05, 4.69) is 6.92 Å². The summed E-state index contributed by atoms with van der Waals surface area (Å²) < 4.78 is 25.0. The summed E-state index contributed by atoms with van der Waals surface area (Å²) in [6.07, 6.45) is 3.21. The minimum Gasteiger partial charge on any atom is -0.393 e. The zero-order chi connectivity index (χ0) is 17.5. The highest BCUT2D eigenvalue weighted by atomic mass is 16.3. The van der Waals surface area contributed by atoms with Crippen molar-refractivity contribution < 1.29 is 14.3 Å². The maximum Gasteiger partial charge on any atom is 0.0606 e. The van der Waals surface area contributed by atoms with Crippen molar-refractivity contribution in [2.75, 3.05) is 0 Å². The first kappa shape index (κ1) is 11.5. The van der Waals surface area contributed by atoms with E-state index in [0.717, 1.165) is 44.9 Å². The summed E-state index contributed by atoms with van der Waals surface area (Å²) in [5.41, 5.74) is -0.381. The van der Waals surface area contributed by atoms with Gasteiger partial charge >= 0.3 is 0 Å². The molecule has 0 bridgehead atoms. The summed E-state index contributed by atoms with van der Waals surface area (Å²) in [7, 11) is 0. The lowest BCUT2D eigenvalue weighted by molar-refractivity contribution is -0.133. The normalized spacial score (nSPS) is 68.0. The minimum absolute atomic E-state index is 0.110. The number of aliphatic hydroxyl groups excluding tert-OH is 1. The lowest BCUT2D eigenvalue weighted by Crippen LogP contribution is -2.54. The van der Waals surface area contributed by atoms with Crippen LogP contribution in [0.4, 0.5) is 0 Å². The van der Waals surface area contributed by atoms with E-state index in [1.54, 1.807) is 0 Å². The van der Waals surface area contributed by atoms with Crippen molar-refractivity contribution in [3.05, 3.63) is 0 Å². The van der Waals surface area contributed by atoms with Crippen molar-refractivity contribution in [1.29, 1.82) is 0 Å². The molecule has 4 aliphatic rings. The third-order valence-corrected chi connectivity index (χ3v) is 8.06. The zero-order valence-electron chi connectivity index (χ0n) is 16.4. The predicted octanol–water partition coefficient (Wildman–Crippen LogP) is 3.75. The standard InChI is InChI=1S/C19H32O2/c1-18-9-7-13(20)11-12(18)3-4-14-15-5-6-17(21)19(15,2)10-8-16(14)18/h12-17,20-21H,3-11H2,1-2H3/t12-,13+,14?,15-,16-,17-,18-,19-/m1/s1/i6D2,17D. The van der Waals surface area contributed by atoms with Crippen LogP contribution in [0.5, 0.6) is 0 Å². The summed E-state index contributed by atoms with van der Waals surface area (Å²) in [5.74, 6) is 1.68. The van der Waals surface area contributed by atoms with Crippen LogP contribution < -0.4 is 0 Å². The van der Waals surface area contributed by atoms with Crippen molar-refractivity contribution >= 4 is 0 Å². The zero-order valence-corrected chi connectivity index (χ0v) is 13.4. The molecule has 4 fully saturated rings. The number of hydrogen-bond donors (Lipinski definition) is 2. The molecule has 0 aromatic carbocycles. The molecular formula is C19H32O2. The molecule has 0 aromatic heterocycles. The molecule has 0 amide bonds. The summed E-state index contributed by atoms with van der Waals surface area (Å²) >= 11 is 0. The number of hydrogen-bond acceptors (Lipinski definition) is 2. The quantitative estimate of drug-likeness (QED) is 0.714. The van der Waals surface area contributed by atoms with E-state index in [4.69, 9.17) is 4.11 Å². The van der Waals surface area contributed by atoms with E-state index in [1.807, 2.05) is 6.92 Å². The Labute approximate surface area is 133 Å². The van der Waals surface area contributed by atoms with Crippen molar-refractivity contribution in [2.45, 2.75) is 83.8 Å². The average Bonchev–Trinajstić information content (AvgIpc) is 2.64. The van der Waals surface area contributed by atoms with E-state index in [0.29, 0.717) is 24.2 Å². The highest BCUT2D eigenvalue weighted by Crippen LogP contribution is 2.66. The Balaban J connectivity index is 1.67. The molecule has 0 aliphatic heterocycles. The second-order valence-corrected chi connectivity index (χ2v) is 8.77. The fraction of sp³-hybridized carbons (Fsp3) is 1.00. The Bertz CT molecular complexity index is 537. The second-order valence-electron chi connectivity index (χ2n) is 8.77. The van der Waals surface area contributed by atoms with Gasteiger partial charge in [0, 0.05) is 2.74 Å². The van der Waals surface area contributed by atoms with E-state index in [9.17, 15) is 10.2 Å². The summed E-state index contributed by atoms with van der Waals surface area (Å²) in [6.45, 7) is 4.37. The van der Waals surface area contributed by atoms with Crippen LogP contribution in [0.25, 0.3) is 0 Å². The number of fused-ring (bicyclic) bond motifs is 5. The smallest absolute Gasteiger partial charge is 0.0606 e. The first-order chi connectivity index (χ1) is 11.0. The molecule has 0 aromatic rings. The molecule has 0 heterocycles. The van der Waals surface area contributed by atoms with E-state index < -0.39 is 17.9 Å². The fourth-order valence-corrected chi connectivity index (χ4v) is 6.63. The lowest BCUT2D eigenvalue weighted by atomic mass is 9.45. The molecule has 2 N–H and O–H groups in total. The first-order valence-electron chi connectivity index (χ1n) is 10.4. The first-order valence-corrected chi connectivity index (χ1v) is 8.93. The SMILES string of the molecule is [2H]C1([2H])C[C@@H]2C3CC[C@@H]4C[C@@H](O)CC[C@@]4(C)[C@@H]3CC[C@@]2(C)[C@]1([2H])O. The summed E-state index contributed by atoms with van der Waals surface area (Å²) in [5, 5.41) is 20.8. The van der Waals surface area contributed by atoms with Gasteiger partial charge in [0.2, 0.25) is 0 Å². The third-order valence-electron chi connectivity index (χ3n) is 8.06. The summed E-state index contributed by atoms with van der Waals surface area (Å²) in [4.78, 5) is 0. The van der Waals surface area contributed by atoms with Gasteiger partial charge in [-0.2, -0.15) is 0 Å². The molecule has 21 heavy (non-hydrogen) atoms. The van der Waals surface area contributed by atoms with Crippen LogP contribution in [0.3, 0.4) is 0 Å². The summed E-state index contributed by atoms with van der Waals surface area (Å²) in [6, 6.07) is 0. The molecule has 2 heteroatoms. The molecular weight excluding hydrogens is 260 g/mol. The van der Waals surface area contributed by atoms with E-state index >= 15 is 0 Å².